The molecule has 1 saturated heterocycles. The molecule has 0 radical (unpaired) electrons. The first kappa shape index (κ1) is 14.4. The van der Waals surface area contributed by atoms with E-state index in [1.165, 1.54) is 0 Å². The lowest BCUT2D eigenvalue weighted by molar-refractivity contribution is -0.137. The van der Waals surface area contributed by atoms with E-state index in [0.717, 1.165) is 18.7 Å². The lowest BCUT2D eigenvalue weighted by Crippen LogP contribution is -2.39. The topological polar surface area (TPSA) is 42.2 Å². The van der Waals surface area contributed by atoms with Gasteiger partial charge >= 0.3 is 6.18 Å². The van der Waals surface area contributed by atoms with Gasteiger partial charge < -0.3 is 10.6 Å². The number of nitrogens with zero attached hydrogens (tertiary/aromatic N) is 2. The van der Waals surface area contributed by atoms with Gasteiger partial charge in [0.2, 0.25) is 0 Å². The molecular weight excluding hydrogens is 279 g/mol. The standard InChI is InChI=1S/C12H15ClF3N3/c1-7-2-3-19(10(7)5-17)11-9(13)4-8(6-18-11)12(14,15)16/h4,6-7,10H,2-3,5,17H2,1H3. The minimum atomic E-state index is -4.43. The molecule has 0 amide bonds. The number of pyridine rings is 1. The third kappa shape index (κ3) is 2.79. The van der Waals surface area contributed by atoms with Crippen molar-refractivity contribution in [2.24, 2.45) is 11.7 Å². The lowest BCUT2D eigenvalue weighted by atomic mass is 10.0. The van der Waals surface area contributed by atoms with Gasteiger partial charge in [-0.2, -0.15) is 13.2 Å². The summed E-state index contributed by atoms with van der Waals surface area (Å²) in [4.78, 5) is 5.77. The van der Waals surface area contributed by atoms with E-state index >= 15 is 0 Å². The number of aromatic nitrogens is 1. The molecule has 0 bridgehead atoms. The van der Waals surface area contributed by atoms with E-state index in [4.69, 9.17) is 17.3 Å². The summed E-state index contributed by atoms with van der Waals surface area (Å²) in [7, 11) is 0. The summed E-state index contributed by atoms with van der Waals surface area (Å²) in [5.74, 6) is 0.764. The third-order valence-electron chi connectivity index (χ3n) is 3.55. The zero-order chi connectivity index (χ0) is 14.2. The summed E-state index contributed by atoms with van der Waals surface area (Å²) in [6, 6.07) is 0.988. The first-order valence-corrected chi connectivity index (χ1v) is 6.42. The molecule has 0 spiro atoms. The first-order chi connectivity index (χ1) is 8.84. The van der Waals surface area contributed by atoms with Crippen LogP contribution in [-0.2, 0) is 6.18 Å². The molecule has 2 rings (SSSR count). The van der Waals surface area contributed by atoms with E-state index in [0.29, 0.717) is 24.8 Å². The second-order valence-electron chi connectivity index (χ2n) is 4.79. The Balaban J connectivity index is 2.32. The van der Waals surface area contributed by atoms with Crippen LogP contribution in [0.3, 0.4) is 0 Å². The Morgan fingerprint density at radius 2 is 2.21 bits per heavy atom. The van der Waals surface area contributed by atoms with E-state index in [1.807, 2.05) is 4.90 Å². The molecule has 0 aliphatic carbocycles. The molecule has 1 aliphatic heterocycles. The van der Waals surface area contributed by atoms with Gasteiger partial charge in [0.05, 0.1) is 10.6 Å². The molecule has 2 atom stereocenters. The van der Waals surface area contributed by atoms with Crippen LogP contribution in [-0.4, -0.2) is 24.1 Å². The molecular formula is C12H15ClF3N3. The highest BCUT2D eigenvalue weighted by Crippen LogP contribution is 2.36. The van der Waals surface area contributed by atoms with Crippen molar-refractivity contribution in [3.8, 4) is 0 Å². The van der Waals surface area contributed by atoms with Crippen LogP contribution in [0, 0.1) is 5.92 Å². The molecule has 1 aromatic rings. The molecule has 2 unspecified atom stereocenters. The summed E-state index contributed by atoms with van der Waals surface area (Å²) >= 11 is 5.94. The maximum Gasteiger partial charge on any atom is 0.417 e. The molecule has 0 saturated carbocycles. The second kappa shape index (κ2) is 5.17. The van der Waals surface area contributed by atoms with Crippen LogP contribution in [0.2, 0.25) is 5.02 Å². The van der Waals surface area contributed by atoms with Gasteiger partial charge in [0.25, 0.3) is 0 Å². The molecule has 19 heavy (non-hydrogen) atoms. The molecule has 0 aromatic carbocycles. The Bertz CT molecular complexity index is 464. The van der Waals surface area contributed by atoms with Gasteiger partial charge in [0.1, 0.15) is 5.82 Å². The number of nitrogens with two attached hydrogens (primary N) is 1. The molecule has 1 aliphatic rings. The van der Waals surface area contributed by atoms with Crippen LogP contribution in [0.1, 0.15) is 18.9 Å². The Morgan fingerprint density at radius 1 is 1.53 bits per heavy atom. The summed E-state index contributed by atoms with van der Waals surface area (Å²) in [5.41, 5.74) is 4.87. The van der Waals surface area contributed by atoms with Crippen LogP contribution < -0.4 is 10.6 Å². The van der Waals surface area contributed by atoms with Gasteiger partial charge in [-0.05, 0) is 18.4 Å². The van der Waals surface area contributed by atoms with Crippen LogP contribution in [0.4, 0.5) is 19.0 Å². The van der Waals surface area contributed by atoms with E-state index < -0.39 is 11.7 Å². The van der Waals surface area contributed by atoms with E-state index in [2.05, 4.69) is 11.9 Å². The van der Waals surface area contributed by atoms with Crippen LogP contribution in [0.25, 0.3) is 0 Å². The molecule has 106 valence electrons. The lowest BCUT2D eigenvalue weighted by Gasteiger charge is -2.27. The van der Waals surface area contributed by atoms with Gasteiger partial charge in [0, 0.05) is 25.3 Å². The number of alkyl halides is 3. The zero-order valence-corrected chi connectivity index (χ0v) is 11.2. The number of rotatable bonds is 2. The summed E-state index contributed by atoms with van der Waals surface area (Å²) < 4.78 is 37.6. The largest absolute Gasteiger partial charge is 0.417 e. The van der Waals surface area contributed by atoms with Crippen LogP contribution in [0.5, 0.6) is 0 Å². The Morgan fingerprint density at radius 3 is 2.74 bits per heavy atom. The summed E-state index contributed by atoms with van der Waals surface area (Å²) in [5, 5.41) is 0.0161. The number of hydrogen-bond acceptors (Lipinski definition) is 3. The van der Waals surface area contributed by atoms with Crippen molar-refractivity contribution < 1.29 is 13.2 Å². The van der Waals surface area contributed by atoms with Crippen molar-refractivity contribution in [2.75, 3.05) is 18.0 Å². The van der Waals surface area contributed by atoms with E-state index in [-0.39, 0.29) is 11.1 Å². The number of hydrogen-bond donors (Lipinski definition) is 1. The Kier molecular flexibility index (Phi) is 3.92. The maximum absolute atomic E-state index is 12.5. The fraction of sp³-hybridized carbons (Fsp3) is 0.583. The Hall–Kier alpha value is -1.01. The number of anilines is 1. The maximum atomic E-state index is 12.5. The number of halogens is 4. The fourth-order valence-electron chi connectivity index (χ4n) is 2.43. The minimum Gasteiger partial charge on any atom is -0.351 e. The summed E-state index contributed by atoms with van der Waals surface area (Å²) in [6.45, 7) is 3.21. The molecule has 2 N–H and O–H groups in total. The Labute approximate surface area is 114 Å². The minimum absolute atomic E-state index is 0.0161. The molecule has 1 aromatic heterocycles. The van der Waals surface area contributed by atoms with Crippen molar-refractivity contribution in [1.29, 1.82) is 0 Å². The average molecular weight is 294 g/mol. The average Bonchev–Trinajstić information content (AvgIpc) is 2.69. The SMILES string of the molecule is CC1CCN(c2ncc(C(F)(F)F)cc2Cl)C1CN. The van der Waals surface area contributed by atoms with Gasteiger partial charge in [0.15, 0.2) is 0 Å². The van der Waals surface area contributed by atoms with E-state index in [9.17, 15) is 13.2 Å². The van der Waals surface area contributed by atoms with Crippen molar-refractivity contribution in [3.05, 3.63) is 22.8 Å². The highest BCUT2D eigenvalue weighted by molar-refractivity contribution is 6.33. The smallest absolute Gasteiger partial charge is 0.351 e. The van der Waals surface area contributed by atoms with E-state index in [1.54, 1.807) is 0 Å². The van der Waals surface area contributed by atoms with Crippen LogP contribution in [0.15, 0.2) is 12.3 Å². The monoisotopic (exact) mass is 293 g/mol. The van der Waals surface area contributed by atoms with Crippen molar-refractivity contribution >= 4 is 17.4 Å². The quantitative estimate of drug-likeness (QED) is 0.911. The highest BCUT2D eigenvalue weighted by atomic mass is 35.5. The normalized spacial score (nSPS) is 24.0. The first-order valence-electron chi connectivity index (χ1n) is 6.04. The van der Waals surface area contributed by atoms with Crippen molar-refractivity contribution in [2.45, 2.75) is 25.6 Å². The molecule has 1 fully saturated rings. The molecule has 3 nitrogen and oxygen atoms in total. The van der Waals surface area contributed by atoms with Crippen LogP contribution >= 0.6 is 11.6 Å². The van der Waals surface area contributed by atoms with Gasteiger partial charge in [-0.3, -0.25) is 0 Å². The van der Waals surface area contributed by atoms with Gasteiger partial charge in [-0.25, -0.2) is 4.98 Å². The third-order valence-corrected chi connectivity index (χ3v) is 3.82. The zero-order valence-electron chi connectivity index (χ0n) is 10.4. The molecule has 2 heterocycles. The predicted molar refractivity (Wildman–Crippen MR) is 68.2 cm³/mol. The predicted octanol–water partition coefficient (Wildman–Crippen LogP) is 2.93. The van der Waals surface area contributed by atoms with Gasteiger partial charge in [-0.15, -0.1) is 0 Å². The van der Waals surface area contributed by atoms with Gasteiger partial charge in [-0.1, -0.05) is 18.5 Å². The highest BCUT2D eigenvalue weighted by Gasteiger charge is 2.35. The second-order valence-corrected chi connectivity index (χ2v) is 5.20. The molecule has 7 heteroatoms. The summed E-state index contributed by atoms with van der Waals surface area (Å²) in [6.07, 6.45) is -2.68. The van der Waals surface area contributed by atoms with Crippen molar-refractivity contribution in [1.82, 2.24) is 4.98 Å². The fourth-order valence-corrected chi connectivity index (χ4v) is 2.70. The van der Waals surface area contributed by atoms with Crippen molar-refractivity contribution in [3.63, 3.8) is 0 Å².